The molecule has 0 aliphatic rings. The first-order chi connectivity index (χ1) is 10.6. The van der Waals surface area contributed by atoms with Crippen LogP contribution in [0, 0.1) is 10.1 Å². The largest absolute Gasteiger partial charge is 0.387 e. The maximum Gasteiger partial charge on any atom is 0.315 e. The van der Waals surface area contributed by atoms with Crippen molar-refractivity contribution in [3.05, 3.63) is 62.3 Å². The summed E-state index contributed by atoms with van der Waals surface area (Å²) < 4.78 is 0. The fourth-order valence-electron chi connectivity index (χ4n) is 1.75. The van der Waals surface area contributed by atoms with Gasteiger partial charge in [-0.25, -0.2) is 4.79 Å². The van der Waals surface area contributed by atoms with Crippen molar-refractivity contribution in [2.75, 3.05) is 6.54 Å². The Morgan fingerprint density at radius 3 is 2.59 bits per heavy atom. The van der Waals surface area contributed by atoms with Gasteiger partial charge in [-0.3, -0.25) is 10.1 Å². The zero-order valence-electron chi connectivity index (χ0n) is 11.6. The summed E-state index contributed by atoms with van der Waals surface area (Å²) >= 11 is 1.48. The molecular weight excluding hydrogens is 306 g/mol. The molecule has 0 fully saturated rings. The average Bonchev–Trinajstić information content (AvgIpc) is 3.05. The van der Waals surface area contributed by atoms with Crippen LogP contribution in [-0.4, -0.2) is 22.6 Å². The second-order valence-corrected chi connectivity index (χ2v) is 5.34. The van der Waals surface area contributed by atoms with Gasteiger partial charge in [0, 0.05) is 25.2 Å². The molecule has 1 atom stereocenters. The Morgan fingerprint density at radius 1 is 1.27 bits per heavy atom. The third kappa shape index (κ3) is 4.54. The highest BCUT2D eigenvalue weighted by molar-refractivity contribution is 7.07. The topological polar surface area (TPSA) is 104 Å². The van der Waals surface area contributed by atoms with E-state index >= 15 is 0 Å². The number of non-ortho nitro benzene ring substituents is 1. The summed E-state index contributed by atoms with van der Waals surface area (Å²) in [6.45, 7) is 0.362. The number of nitrogens with zero attached hydrogens (tertiary/aromatic N) is 1. The van der Waals surface area contributed by atoms with Crippen LogP contribution in [0.4, 0.5) is 10.5 Å². The van der Waals surface area contributed by atoms with Crippen LogP contribution in [0.5, 0.6) is 0 Å². The predicted octanol–water partition coefficient (Wildman–Crippen LogP) is 2.19. The number of hydrogen-bond donors (Lipinski definition) is 3. The minimum Gasteiger partial charge on any atom is -0.387 e. The Bertz CT molecular complexity index is 628. The fourth-order valence-corrected chi connectivity index (χ4v) is 2.46. The molecule has 0 bridgehead atoms. The lowest BCUT2D eigenvalue weighted by Gasteiger charge is -2.11. The molecule has 3 N–H and O–H groups in total. The highest BCUT2D eigenvalue weighted by Gasteiger charge is 2.10. The van der Waals surface area contributed by atoms with Crippen molar-refractivity contribution in [3.63, 3.8) is 0 Å². The van der Waals surface area contributed by atoms with Gasteiger partial charge in [0.1, 0.15) is 0 Å². The van der Waals surface area contributed by atoms with E-state index in [4.69, 9.17) is 0 Å². The summed E-state index contributed by atoms with van der Waals surface area (Å²) in [5, 5.41) is 29.2. The number of benzene rings is 1. The van der Waals surface area contributed by atoms with Gasteiger partial charge in [0.2, 0.25) is 0 Å². The smallest absolute Gasteiger partial charge is 0.315 e. The third-order valence-electron chi connectivity index (χ3n) is 2.98. The monoisotopic (exact) mass is 321 g/mol. The Hall–Kier alpha value is -2.45. The van der Waals surface area contributed by atoms with Crippen molar-refractivity contribution >= 4 is 23.1 Å². The Kier molecular flexibility index (Phi) is 5.45. The quantitative estimate of drug-likeness (QED) is 0.560. The molecule has 2 amide bonds. The van der Waals surface area contributed by atoms with E-state index in [-0.39, 0.29) is 18.8 Å². The van der Waals surface area contributed by atoms with Gasteiger partial charge in [-0.15, -0.1) is 0 Å². The van der Waals surface area contributed by atoms with E-state index in [9.17, 15) is 20.0 Å². The molecule has 1 aromatic carbocycles. The second-order valence-electron chi connectivity index (χ2n) is 4.56. The molecule has 1 heterocycles. The van der Waals surface area contributed by atoms with E-state index < -0.39 is 17.1 Å². The van der Waals surface area contributed by atoms with Gasteiger partial charge < -0.3 is 15.7 Å². The summed E-state index contributed by atoms with van der Waals surface area (Å²) in [5.41, 5.74) is 1.52. The summed E-state index contributed by atoms with van der Waals surface area (Å²) in [6, 6.07) is 7.32. The lowest BCUT2D eigenvalue weighted by Crippen LogP contribution is -2.37. The first kappa shape index (κ1) is 15.9. The number of nitro groups is 1. The van der Waals surface area contributed by atoms with Crippen LogP contribution < -0.4 is 10.6 Å². The second kappa shape index (κ2) is 7.53. The fraction of sp³-hybridized carbons (Fsp3) is 0.214. The summed E-state index contributed by atoms with van der Waals surface area (Å²) in [7, 11) is 0. The third-order valence-corrected chi connectivity index (χ3v) is 3.69. The zero-order valence-corrected chi connectivity index (χ0v) is 12.4. The number of aliphatic hydroxyl groups is 1. The van der Waals surface area contributed by atoms with E-state index in [1.54, 1.807) is 18.2 Å². The number of thiophene rings is 1. The van der Waals surface area contributed by atoms with E-state index in [1.807, 2.05) is 10.8 Å². The van der Waals surface area contributed by atoms with Gasteiger partial charge >= 0.3 is 6.03 Å². The average molecular weight is 321 g/mol. The molecule has 1 aromatic heterocycles. The van der Waals surface area contributed by atoms with Crippen molar-refractivity contribution in [1.82, 2.24) is 10.6 Å². The molecule has 0 spiro atoms. The summed E-state index contributed by atoms with van der Waals surface area (Å²) in [5.74, 6) is 0. The lowest BCUT2D eigenvalue weighted by molar-refractivity contribution is -0.384. The van der Waals surface area contributed by atoms with Crippen LogP contribution in [0.15, 0.2) is 41.1 Å². The normalized spacial score (nSPS) is 11.7. The van der Waals surface area contributed by atoms with Gasteiger partial charge in [-0.05, 0) is 28.0 Å². The Morgan fingerprint density at radius 2 is 2.00 bits per heavy atom. The van der Waals surface area contributed by atoms with Crippen molar-refractivity contribution in [2.24, 2.45) is 0 Å². The molecule has 22 heavy (non-hydrogen) atoms. The molecule has 8 heteroatoms. The van der Waals surface area contributed by atoms with E-state index in [0.717, 1.165) is 11.1 Å². The minimum absolute atomic E-state index is 0.00656. The van der Waals surface area contributed by atoms with Gasteiger partial charge in [0.25, 0.3) is 5.69 Å². The number of hydrogen-bond acceptors (Lipinski definition) is 5. The molecular formula is C14H15N3O4S. The number of urea groups is 1. The SMILES string of the molecule is O=C(NCc1ccc([N+](=O)[O-])cc1)NCC(O)c1ccsc1. The van der Waals surface area contributed by atoms with Gasteiger partial charge in [-0.1, -0.05) is 12.1 Å². The molecule has 0 radical (unpaired) electrons. The van der Waals surface area contributed by atoms with Crippen LogP contribution in [0.25, 0.3) is 0 Å². The van der Waals surface area contributed by atoms with Crippen molar-refractivity contribution in [2.45, 2.75) is 12.6 Å². The standard InChI is InChI=1S/C14H15N3O4S/c18-13(11-5-6-22-9-11)8-16-14(19)15-7-10-1-3-12(4-2-10)17(20)21/h1-6,9,13,18H,7-8H2,(H2,15,16,19). The molecule has 0 saturated carbocycles. The number of amides is 2. The van der Waals surface area contributed by atoms with Crippen LogP contribution in [-0.2, 0) is 6.54 Å². The first-order valence-corrected chi connectivity index (χ1v) is 7.45. The number of aliphatic hydroxyl groups excluding tert-OH is 1. The van der Waals surface area contributed by atoms with Crippen LogP contribution in [0.3, 0.4) is 0 Å². The molecule has 7 nitrogen and oxygen atoms in total. The maximum atomic E-state index is 11.6. The molecule has 0 aliphatic carbocycles. The highest BCUT2D eigenvalue weighted by atomic mass is 32.1. The van der Waals surface area contributed by atoms with E-state index in [2.05, 4.69) is 10.6 Å². The number of nitro benzene ring substituents is 1. The Labute approximate surface area is 130 Å². The predicted molar refractivity (Wildman–Crippen MR) is 82.6 cm³/mol. The Balaban J connectivity index is 1.74. The minimum atomic E-state index is -0.739. The van der Waals surface area contributed by atoms with Crippen LogP contribution in [0.2, 0.25) is 0 Å². The number of rotatable bonds is 6. The van der Waals surface area contributed by atoms with Crippen molar-refractivity contribution < 1.29 is 14.8 Å². The number of nitrogens with one attached hydrogen (secondary N) is 2. The van der Waals surface area contributed by atoms with Crippen LogP contribution >= 0.6 is 11.3 Å². The molecule has 2 rings (SSSR count). The summed E-state index contributed by atoms with van der Waals surface area (Å²) in [6.07, 6.45) is -0.739. The molecule has 1 unspecified atom stereocenters. The molecule has 116 valence electrons. The molecule has 0 aliphatic heterocycles. The highest BCUT2D eigenvalue weighted by Crippen LogP contribution is 2.15. The van der Waals surface area contributed by atoms with E-state index in [0.29, 0.717) is 0 Å². The lowest BCUT2D eigenvalue weighted by atomic mass is 10.2. The maximum absolute atomic E-state index is 11.6. The first-order valence-electron chi connectivity index (χ1n) is 6.51. The molecule has 0 saturated heterocycles. The van der Waals surface area contributed by atoms with Gasteiger partial charge in [0.05, 0.1) is 11.0 Å². The van der Waals surface area contributed by atoms with Gasteiger partial charge in [0.15, 0.2) is 0 Å². The summed E-state index contributed by atoms with van der Waals surface area (Å²) in [4.78, 5) is 21.7. The van der Waals surface area contributed by atoms with Crippen molar-refractivity contribution in [3.8, 4) is 0 Å². The van der Waals surface area contributed by atoms with E-state index in [1.165, 1.54) is 23.5 Å². The van der Waals surface area contributed by atoms with Crippen LogP contribution in [0.1, 0.15) is 17.2 Å². The molecule has 2 aromatic rings. The number of carbonyl (C=O) groups excluding carboxylic acids is 1. The van der Waals surface area contributed by atoms with Crippen molar-refractivity contribution in [1.29, 1.82) is 0 Å². The van der Waals surface area contributed by atoms with Gasteiger partial charge in [-0.2, -0.15) is 11.3 Å². The number of carbonyl (C=O) groups is 1. The zero-order chi connectivity index (χ0) is 15.9.